The van der Waals surface area contributed by atoms with Crippen LogP contribution in [0.1, 0.15) is 17.3 Å². The molecular weight excluding hydrogens is 342 g/mol. The molecule has 2 heterocycles. The van der Waals surface area contributed by atoms with Gasteiger partial charge < -0.3 is 20.0 Å². The van der Waals surface area contributed by atoms with Crippen molar-refractivity contribution in [2.24, 2.45) is 0 Å². The first-order valence-corrected chi connectivity index (χ1v) is 8.99. The van der Waals surface area contributed by atoms with Gasteiger partial charge in [0, 0.05) is 64.8 Å². The minimum absolute atomic E-state index is 0.105. The fourth-order valence-electron chi connectivity index (χ4n) is 3.00. The molecule has 2 aromatic rings. The van der Waals surface area contributed by atoms with E-state index < -0.39 is 0 Å². The van der Waals surface area contributed by atoms with E-state index in [1.165, 1.54) is 0 Å². The van der Waals surface area contributed by atoms with Gasteiger partial charge in [-0.25, -0.2) is 4.98 Å². The predicted molar refractivity (Wildman–Crippen MR) is 107 cm³/mol. The largest absolute Gasteiger partial charge is 0.378 e. The summed E-state index contributed by atoms with van der Waals surface area (Å²) < 4.78 is 0. The number of pyridine rings is 1. The Balaban J connectivity index is 1.60. The molecule has 1 aromatic carbocycles. The van der Waals surface area contributed by atoms with Gasteiger partial charge in [-0.05, 0) is 36.4 Å². The molecule has 0 spiro atoms. The van der Waals surface area contributed by atoms with Crippen molar-refractivity contribution in [2.45, 2.75) is 6.92 Å². The van der Waals surface area contributed by atoms with Gasteiger partial charge in [-0.3, -0.25) is 9.59 Å². The SMILES string of the molecule is CC(=O)N1CCN(c2ccc(C(=O)Nc3ccc(N(C)C)cc3)cn2)CC1. The summed E-state index contributed by atoms with van der Waals surface area (Å²) in [5.41, 5.74) is 2.33. The maximum atomic E-state index is 12.4. The Labute approximate surface area is 159 Å². The van der Waals surface area contributed by atoms with E-state index in [4.69, 9.17) is 0 Å². The van der Waals surface area contributed by atoms with Crippen LogP contribution in [0.15, 0.2) is 42.6 Å². The lowest BCUT2D eigenvalue weighted by Crippen LogP contribution is -2.48. The Bertz CT molecular complexity index is 794. The van der Waals surface area contributed by atoms with E-state index in [1.54, 1.807) is 19.2 Å². The predicted octanol–water partition coefficient (Wildman–Crippen LogP) is 2.07. The van der Waals surface area contributed by atoms with Crippen molar-refractivity contribution < 1.29 is 9.59 Å². The summed E-state index contributed by atoms with van der Waals surface area (Å²) in [6.45, 7) is 4.48. The zero-order chi connectivity index (χ0) is 19.4. The third-order valence-corrected chi connectivity index (χ3v) is 4.70. The van der Waals surface area contributed by atoms with Crippen LogP contribution in [0.3, 0.4) is 0 Å². The molecule has 0 atom stereocenters. The fourth-order valence-corrected chi connectivity index (χ4v) is 3.00. The second-order valence-corrected chi connectivity index (χ2v) is 6.79. The van der Waals surface area contributed by atoms with Crippen LogP contribution in [0.5, 0.6) is 0 Å². The van der Waals surface area contributed by atoms with Crippen molar-refractivity contribution in [1.82, 2.24) is 9.88 Å². The number of aromatic nitrogens is 1. The van der Waals surface area contributed by atoms with Crippen LogP contribution >= 0.6 is 0 Å². The molecule has 7 heteroatoms. The molecule has 142 valence electrons. The zero-order valence-corrected chi connectivity index (χ0v) is 16.0. The molecule has 27 heavy (non-hydrogen) atoms. The third-order valence-electron chi connectivity index (χ3n) is 4.70. The summed E-state index contributed by atoms with van der Waals surface area (Å²) in [6.07, 6.45) is 1.59. The molecule has 1 aromatic heterocycles. The number of hydrogen-bond donors (Lipinski definition) is 1. The lowest BCUT2D eigenvalue weighted by Gasteiger charge is -2.34. The molecule has 7 nitrogen and oxygen atoms in total. The van der Waals surface area contributed by atoms with Crippen molar-refractivity contribution >= 4 is 29.0 Å². The summed E-state index contributed by atoms with van der Waals surface area (Å²) >= 11 is 0. The Hall–Kier alpha value is -3.09. The molecule has 2 amide bonds. The quantitative estimate of drug-likeness (QED) is 0.896. The molecule has 0 radical (unpaired) electrons. The Morgan fingerprint density at radius 3 is 2.19 bits per heavy atom. The second kappa shape index (κ2) is 8.07. The van der Waals surface area contributed by atoms with E-state index in [0.29, 0.717) is 18.7 Å². The lowest BCUT2D eigenvalue weighted by molar-refractivity contribution is -0.129. The number of nitrogens with one attached hydrogen (secondary N) is 1. The molecule has 3 rings (SSSR count). The highest BCUT2D eigenvalue weighted by molar-refractivity contribution is 6.04. The molecule has 0 saturated carbocycles. The summed E-state index contributed by atoms with van der Waals surface area (Å²) in [4.78, 5) is 34.2. The number of nitrogens with zero attached hydrogens (tertiary/aromatic N) is 4. The molecular formula is C20H25N5O2. The average Bonchev–Trinajstić information content (AvgIpc) is 2.68. The van der Waals surface area contributed by atoms with Gasteiger partial charge in [-0.1, -0.05) is 0 Å². The van der Waals surface area contributed by atoms with Crippen LogP contribution in [0.25, 0.3) is 0 Å². The van der Waals surface area contributed by atoms with E-state index >= 15 is 0 Å². The van der Waals surface area contributed by atoms with Crippen molar-refractivity contribution in [2.75, 3.05) is 55.4 Å². The summed E-state index contributed by atoms with van der Waals surface area (Å²) in [7, 11) is 3.95. The van der Waals surface area contributed by atoms with E-state index in [0.717, 1.165) is 30.3 Å². The molecule has 1 saturated heterocycles. The van der Waals surface area contributed by atoms with Gasteiger partial charge in [0.05, 0.1) is 5.56 Å². The average molecular weight is 367 g/mol. The maximum Gasteiger partial charge on any atom is 0.257 e. The highest BCUT2D eigenvalue weighted by Gasteiger charge is 2.19. The molecule has 0 unspecified atom stereocenters. The highest BCUT2D eigenvalue weighted by atomic mass is 16.2. The van der Waals surface area contributed by atoms with Gasteiger partial charge >= 0.3 is 0 Å². The number of anilines is 3. The molecule has 1 aliphatic heterocycles. The van der Waals surface area contributed by atoms with Gasteiger partial charge in [0.15, 0.2) is 0 Å². The first-order valence-electron chi connectivity index (χ1n) is 8.99. The zero-order valence-electron chi connectivity index (χ0n) is 16.0. The normalized spacial score (nSPS) is 14.0. The first kappa shape index (κ1) is 18.7. The van der Waals surface area contributed by atoms with Gasteiger partial charge in [0.1, 0.15) is 5.82 Å². The number of piperazine rings is 1. The summed E-state index contributed by atoms with van der Waals surface area (Å²) in [6, 6.07) is 11.3. The summed E-state index contributed by atoms with van der Waals surface area (Å²) in [5.74, 6) is 0.742. The van der Waals surface area contributed by atoms with E-state index in [9.17, 15) is 9.59 Å². The monoisotopic (exact) mass is 367 g/mol. The standard InChI is InChI=1S/C20H25N5O2/c1-15(26)24-10-12-25(13-11-24)19-9-4-16(14-21-19)20(27)22-17-5-7-18(8-6-17)23(2)3/h4-9,14H,10-13H2,1-3H3,(H,22,27). The Kier molecular flexibility index (Phi) is 5.59. The fraction of sp³-hybridized carbons (Fsp3) is 0.350. The summed E-state index contributed by atoms with van der Waals surface area (Å²) in [5, 5.41) is 2.89. The van der Waals surface area contributed by atoms with Crippen LogP contribution in [0.4, 0.5) is 17.2 Å². The van der Waals surface area contributed by atoms with Crippen LogP contribution in [0, 0.1) is 0 Å². The molecule has 0 bridgehead atoms. The number of rotatable bonds is 4. The number of hydrogen-bond acceptors (Lipinski definition) is 5. The molecule has 1 fully saturated rings. The number of benzene rings is 1. The van der Waals surface area contributed by atoms with Gasteiger partial charge in [-0.15, -0.1) is 0 Å². The highest BCUT2D eigenvalue weighted by Crippen LogP contribution is 2.18. The number of carbonyl (C=O) groups is 2. The van der Waals surface area contributed by atoms with E-state index in [2.05, 4.69) is 15.2 Å². The molecule has 0 aliphatic carbocycles. The second-order valence-electron chi connectivity index (χ2n) is 6.79. The van der Waals surface area contributed by atoms with Crippen LogP contribution < -0.4 is 15.1 Å². The van der Waals surface area contributed by atoms with E-state index in [1.807, 2.05) is 54.2 Å². The maximum absolute atomic E-state index is 12.4. The number of carbonyl (C=O) groups excluding carboxylic acids is 2. The van der Waals surface area contributed by atoms with Gasteiger partial charge in [0.2, 0.25) is 5.91 Å². The Morgan fingerprint density at radius 2 is 1.67 bits per heavy atom. The minimum Gasteiger partial charge on any atom is -0.378 e. The topological polar surface area (TPSA) is 68.8 Å². The van der Waals surface area contributed by atoms with Crippen molar-refractivity contribution in [3.8, 4) is 0 Å². The van der Waals surface area contributed by atoms with Crippen molar-refractivity contribution in [3.63, 3.8) is 0 Å². The first-order chi connectivity index (χ1) is 12.9. The van der Waals surface area contributed by atoms with Crippen LogP contribution in [-0.2, 0) is 4.79 Å². The molecule has 1 N–H and O–H groups in total. The third kappa shape index (κ3) is 4.55. The van der Waals surface area contributed by atoms with Crippen LogP contribution in [0.2, 0.25) is 0 Å². The van der Waals surface area contributed by atoms with Crippen molar-refractivity contribution in [3.05, 3.63) is 48.2 Å². The Morgan fingerprint density at radius 1 is 1.00 bits per heavy atom. The smallest absolute Gasteiger partial charge is 0.257 e. The lowest BCUT2D eigenvalue weighted by atomic mass is 10.2. The van der Waals surface area contributed by atoms with E-state index in [-0.39, 0.29) is 11.8 Å². The number of amides is 2. The van der Waals surface area contributed by atoms with Crippen LogP contribution in [-0.4, -0.2) is 62.0 Å². The minimum atomic E-state index is -0.187. The van der Waals surface area contributed by atoms with Crippen molar-refractivity contribution in [1.29, 1.82) is 0 Å². The van der Waals surface area contributed by atoms with Gasteiger partial charge in [-0.2, -0.15) is 0 Å². The molecule has 1 aliphatic rings. The van der Waals surface area contributed by atoms with Gasteiger partial charge in [0.25, 0.3) is 5.91 Å².